The van der Waals surface area contributed by atoms with Crippen molar-refractivity contribution in [1.29, 1.82) is 0 Å². The number of nitrogens with one attached hydrogen (secondary N) is 1. The number of nitrogens with zero attached hydrogens (tertiary/aromatic N) is 3. The molecule has 1 aromatic heterocycles. The van der Waals surface area contributed by atoms with Gasteiger partial charge in [0.05, 0.1) is 12.1 Å². The van der Waals surface area contributed by atoms with E-state index in [4.69, 9.17) is 14.4 Å². The molecule has 0 spiro atoms. The van der Waals surface area contributed by atoms with Crippen molar-refractivity contribution in [3.63, 3.8) is 0 Å². The van der Waals surface area contributed by atoms with Gasteiger partial charge in [0.1, 0.15) is 6.61 Å². The first-order valence-corrected chi connectivity index (χ1v) is 7.87. The Balaban J connectivity index is 1.44. The minimum atomic E-state index is -0.861. The zero-order chi connectivity index (χ0) is 15.4. The number of carboxylic acid groups (broad SMARTS) is 1. The van der Waals surface area contributed by atoms with E-state index in [0.29, 0.717) is 37.6 Å². The van der Waals surface area contributed by atoms with Crippen molar-refractivity contribution in [2.24, 2.45) is 0 Å². The Morgan fingerprint density at radius 1 is 1.36 bits per heavy atom. The summed E-state index contributed by atoms with van der Waals surface area (Å²) in [6.45, 7) is 2.31. The van der Waals surface area contributed by atoms with E-state index in [-0.39, 0.29) is 18.8 Å². The van der Waals surface area contributed by atoms with Crippen molar-refractivity contribution < 1.29 is 19.2 Å². The number of amides is 1. The van der Waals surface area contributed by atoms with Gasteiger partial charge in [-0.2, -0.15) is 4.98 Å². The van der Waals surface area contributed by atoms with E-state index in [1.54, 1.807) is 0 Å². The van der Waals surface area contributed by atoms with Crippen LogP contribution in [-0.4, -0.2) is 52.0 Å². The van der Waals surface area contributed by atoms with Crippen LogP contribution in [0.1, 0.15) is 49.9 Å². The molecule has 0 radical (unpaired) electrons. The Hall–Kier alpha value is -1.67. The van der Waals surface area contributed by atoms with Crippen LogP contribution in [-0.2, 0) is 11.3 Å². The van der Waals surface area contributed by atoms with Gasteiger partial charge in [0.25, 0.3) is 5.89 Å². The average molecular weight is 310 g/mol. The predicted molar refractivity (Wildman–Crippen MR) is 76.3 cm³/mol. The van der Waals surface area contributed by atoms with E-state index in [1.807, 2.05) is 0 Å². The molecule has 1 atom stereocenters. The van der Waals surface area contributed by atoms with Crippen LogP contribution in [0.15, 0.2) is 4.52 Å². The fourth-order valence-corrected chi connectivity index (χ4v) is 2.94. The van der Waals surface area contributed by atoms with E-state index in [0.717, 1.165) is 13.0 Å². The standard InChI is InChI=1S/C14H22N4O4/c19-14(20)18-7-4-10(5-8-18)21-9-12-16-13(17-22-12)11-3-1-2-6-15-11/h10-11,15H,1-9H2,(H,19,20)/t11-/m0/s1. The van der Waals surface area contributed by atoms with Gasteiger partial charge in [0.15, 0.2) is 5.82 Å². The summed E-state index contributed by atoms with van der Waals surface area (Å²) in [7, 11) is 0. The lowest BCUT2D eigenvalue weighted by atomic mass is 10.0. The highest BCUT2D eigenvalue weighted by molar-refractivity contribution is 5.64. The van der Waals surface area contributed by atoms with Gasteiger partial charge in [-0.3, -0.25) is 0 Å². The first-order chi connectivity index (χ1) is 10.7. The lowest BCUT2D eigenvalue weighted by molar-refractivity contribution is -0.00953. The number of rotatable bonds is 4. The van der Waals surface area contributed by atoms with Gasteiger partial charge in [-0.15, -0.1) is 0 Å². The maximum atomic E-state index is 10.8. The molecule has 122 valence electrons. The molecule has 0 unspecified atom stereocenters. The normalized spacial score (nSPS) is 23.6. The summed E-state index contributed by atoms with van der Waals surface area (Å²) < 4.78 is 11.0. The predicted octanol–water partition coefficient (Wildman–Crippen LogP) is 1.54. The van der Waals surface area contributed by atoms with Crippen molar-refractivity contribution in [1.82, 2.24) is 20.4 Å². The van der Waals surface area contributed by atoms with Gasteiger partial charge in [0, 0.05) is 13.1 Å². The number of likely N-dealkylation sites (tertiary alicyclic amines) is 1. The summed E-state index contributed by atoms with van der Waals surface area (Å²) in [6.07, 6.45) is 4.01. The molecule has 2 N–H and O–H groups in total. The van der Waals surface area contributed by atoms with Crippen molar-refractivity contribution in [3.05, 3.63) is 11.7 Å². The Labute approximate surface area is 128 Å². The molecule has 3 heterocycles. The minimum Gasteiger partial charge on any atom is -0.465 e. The molecule has 1 aromatic rings. The fourth-order valence-electron chi connectivity index (χ4n) is 2.94. The van der Waals surface area contributed by atoms with E-state index in [2.05, 4.69) is 15.5 Å². The zero-order valence-electron chi connectivity index (χ0n) is 12.5. The van der Waals surface area contributed by atoms with Crippen LogP contribution in [0.3, 0.4) is 0 Å². The third-order valence-corrected chi connectivity index (χ3v) is 4.26. The monoisotopic (exact) mass is 310 g/mol. The molecule has 0 saturated carbocycles. The van der Waals surface area contributed by atoms with Crippen LogP contribution in [0.25, 0.3) is 0 Å². The topological polar surface area (TPSA) is 101 Å². The van der Waals surface area contributed by atoms with E-state index in [1.165, 1.54) is 17.7 Å². The quantitative estimate of drug-likeness (QED) is 0.870. The van der Waals surface area contributed by atoms with Crippen molar-refractivity contribution in [2.45, 2.75) is 50.9 Å². The van der Waals surface area contributed by atoms with Gasteiger partial charge >= 0.3 is 6.09 Å². The molecule has 2 aliphatic rings. The van der Waals surface area contributed by atoms with Crippen LogP contribution in [0.4, 0.5) is 4.79 Å². The zero-order valence-corrected chi connectivity index (χ0v) is 12.5. The molecule has 0 aliphatic carbocycles. The van der Waals surface area contributed by atoms with Gasteiger partial charge < -0.3 is 24.6 Å². The average Bonchev–Trinajstić information content (AvgIpc) is 3.03. The first-order valence-electron chi connectivity index (χ1n) is 7.87. The Bertz CT molecular complexity index is 493. The number of carbonyl (C=O) groups is 1. The second-order valence-electron chi connectivity index (χ2n) is 5.83. The summed E-state index contributed by atoms with van der Waals surface area (Å²) in [5.74, 6) is 1.20. The van der Waals surface area contributed by atoms with Crippen molar-refractivity contribution in [3.8, 4) is 0 Å². The molecule has 8 nitrogen and oxygen atoms in total. The maximum Gasteiger partial charge on any atom is 0.407 e. The third-order valence-electron chi connectivity index (χ3n) is 4.26. The maximum absolute atomic E-state index is 10.8. The Morgan fingerprint density at radius 3 is 2.86 bits per heavy atom. The third kappa shape index (κ3) is 3.75. The van der Waals surface area contributed by atoms with Crippen LogP contribution < -0.4 is 5.32 Å². The first kappa shape index (κ1) is 15.2. The van der Waals surface area contributed by atoms with Crippen LogP contribution in [0, 0.1) is 0 Å². The Kier molecular flexibility index (Phi) is 4.89. The molecule has 0 bridgehead atoms. The molecule has 2 saturated heterocycles. The Morgan fingerprint density at radius 2 is 2.18 bits per heavy atom. The van der Waals surface area contributed by atoms with Gasteiger partial charge in [-0.25, -0.2) is 4.79 Å². The van der Waals surface area contributed by atoms with Crippen LogP contribution in [0.2, 0.25) is 0 Å². The summed E-state index contributed by atoms with van der Waals surface area (Å²) in [4.78, 5) is 16.6. The molecular formula is C14H22N4O4. The molecular weight excluding hydrogens is 288 g/mol. The second-order valence-corrected chi connectivity index (χ2v) is 5.83. The molecule has 0 aromatic carbocycles. The largest absolute Gasteiger partial charge is 0.465 e. The number of hydrogen-bond acceptors (Lipinski definition) is 6. The van der Waals surface area contributed by atoms with E-state index < -0.39 is 6.09 Å². The van der Waals surface area contributed by atoms with Gasteiger partial charge in [-0.05, 0) is 32.2 Å². The SMILES string of the molecule is O=C(O)N1CCC(OCc2nc([C@@H]3CCCCN3)no2)CC1. The molecule has 1 amide bonds. The summed E-state index contributed by atoms with van der Waals surface area (Å²) in [5.41, 5.74) is 0. The van der Waals surface area contributed by atoms with Crippen LogP contribution in [0.5, 0.6) is 0 Å². The summed E-state index contributed by atoms with van der Waals surface area (Å²) in [5, 5.41) is 16.3. The lowest BCUT2D eigenvalue weighted by Gasteiger charge is -2.29. The minimum absolute atomic E-state index is 0.0544. The highest BCUT2D eigenvalue weighted by Crippen LogP contribution is 2.21. The van der Waals surface area contributed by atoms with E-state index in [9.17, 15) is 4.79 Å². The summed E-state index contributed by atoms with van der Waals surface area (Å²) in [6, 6.07) is 0.185. The molecule has 2 aliphatic heterocycles. The highest BCUT2D eigenvalue weighted by Gasteiger charge is 2.24. The second kappa shape index (κ2) is 7.06. The van der Waals surface area contributed by atoms with E-state index >= 15 is 0 Å². The number of hydrogen-bond donors (Lipinski definition) is 2. The van der Waals surface area contributed by atoms with Gasteiger partial charge in [0.2, 0.25) is 0 Å². The number of ether oxygens (including phenoxy) is 1. The van der Waals surface area contributed by atoms with Crippen LogP contribution >= 0.6 is 0 Å². The van der Waals surface area contributed by atoms with Crippen molar-refractivity contribution >= 4 is 6.09 Å². The lowest BCUT2D eigenvalue weighted by Crippen LogP contribution is -2.40. The fraction of sp³-hybridized carbons (Fsp3) is 0.786. The highest BCUT2D eigenvalue weighted by atomic mass is 16.5. The molecule has 3 rings (SSSR count). The van der Waals surface area contributed by atoms with Gasteiger partial charge in [-0.1, -0.05) is 11.6 Å². The van der Waals surface area contributed by atoms with Crippen molar-refractivity contribution in [2.75, 3.05) is 19.6 Å². The molecule has 22 heavy (non-hydrogen) atoms. The molecule has 8 heteroatoms. The summed E-state index contributed by atoms with van der Waals surface area (Å²) >= 11 is 0. The number of piperidine rings is 2. The smallest absolute Gasteiger partial charge is 0.407 e. The number of aromatic nitrogens is 2. The molecule has 2 fully saturated rings.